The third kappa shape index (κ3) is 4.19. The van der Waals surface area contributed by atoms with Gasteiger partial charge in [0, 0.05) is 0 Å². The summed E-state index contributed by atoms with van der Waals surface area (Å²) >= 11 is 5.37. The van der Waals surface area contributed by atoms with Crippen LogP contribution >= 0.6 is 11.6 Å². The number of anilines is 1. The minimum Gasteiger partial charge on any atom is -0.463 e. The molecule has 7 heteroatoms. The van der Waals surface area contributed by atoms with Gasteiger partial charge in [0.2, 0.25) is 5.91 Å². The van der Waals surface area contributed by atoms with Crippen LogP contribution in [0.15, 0.2) is 58.2 Å². The van der Waals surface area contributed by atoms with Crippen molar-refractivity contribution < 1.29 is 14.0 Å². The SMILES string of the molecule is O=C(CCl)NC(=O)N(/N=C/c1ccco1)c1ccccc1. The summed E-state index contributed by atoms with van der Waals surface area (Å²) in [6.07, 6.45) is 2.86. The summed E-state index contributed by atoms with van der Waals surface area (Å²) in [5.74, 6) is -0.431. The van der Waals surface area contributed by atoms with Crippen LogP contribution in [0, 0.1) is 0 Å². The van der Waals surface area contributed by atoms with Crippen LogP contribution in [0.25, 0.3) is 0 Å². The number of furan rings is 1. The quantitative estimate of drug-likeness (QED) is 0.536. The van der Waals surface area contributed by atoms with Gasteiger partial charge in [-0.25, -0.2) is 4.79 Å². The Bertz CT molecular complexity index is 626. The molecule has 0 bridgehead atoms. The molecule has 0 radical (unpaired) electrons. The Morgan fingerprint density at radius 1 is 1.24 bits per heavy atom. The van der Waals surface area contributed by atoms with E-state index in [4.69, 9.17) is 16.0 Å². The number of alkyl halides is 1. The standard InChI is InChI=1S/C14H12ClN3O3/c15-9-13(19)17-14(20)18(11-5-2-1-3-6-11)16-10-12-7-4-8-21-12/h1-8,10H,9H2,(H,17,19,20)/b16-10+. The summed E-state index contributed by atoms with van der Waals surface area (Å²) < 4.78 is 5.11. The molecule has 0 saturated carbocycles. The number of hydrogen-bond donors (Lipinski definition) is 1. The van der Waals surface area contributed by atoms with Crippen LogP contribution in [-0.2, 0) is 4.79 Å². The third-order valence-corrected chi connectivity index (χ3v) is 2.65. The predicted octanol–water partition coefficient (Wildman–Crippen LogP) is 2.60. The predicted molar refractivity (Wildman–Crippen MR) is 79.5 cm³/mol. The van der Waals surface area contributed by atoms with Gasteiger partial charge < -0.3 is 4.42 Å². The van der Waals surface area contributed by atoms with Crippen molar-refractivity contribution in [3.63, 3.8) is 0 Å². The van der Waals surface area contributed by atoms with E-state index in [1.54, 1.807) is 42.5 Å². The zero-order valence-corrected chi connectivity index (χ0v) is 11.7. The van der Waals surface area contributed by atoms with Crippen LogP contribution in [-0.4, -0.2) is 24.0 Å². The van der Waals surface area contributed by atoms with Gasteiger partial charge in [-0.15, -0.1) is 11.6 Å². The smallest absolute Gasteiger partial charge is 0.349 e. The molecule has 6 nitrogen and oxygen atoms in total. The van der Waals surface area contributed by atoms with E-state index in [9.17, 15) is 9.59 Å². The second-order valence-corrected chi connectivity index (χ2v) is 4.16. The molecular weight excluding hydrogens is 294 g/mol. The summed E-state index contributed by atoms with van der Waals surface area (Å²) in [6.45, 7) is 0. The van der Waals surface area contributed by atoms with Crippen LogP contribution < -0.4 is 10.3 Å². The number of para-hydroxylation sites is 1. The van der Waals surface area contributed by atoms with E-state index in [0.29, 0.717) is 11.4 Å². The number of benzene rings is 1. The van der Waals surface area contributed by atoms with Crippen molar-refractivity contribution in [2.45, 2.75) is 0 Å². The zero-order chi connectivity index (χ0) is 15.1. The fourth-order valence-electron chi connectivity index (χ4n) is 1.49. The molecule has 0 fully saturated rings. The molecule has 3 amide bonds. The Morgan fingerprint density at radius 3 is 2.62 bits per heavy atom. The van der Waals surface area contributed by atoms with E-state index in [0.717, 1.165) is 5.01 Å². The number of nitrogens with one attached hydrogen (secondary N) is 1. The molecule has 0 atom stereocenters. The maximum Gasteiger partial charge on any atom is 0.349 e. The van der Waals surface area contributed by atoms with Gasteiger partial charge in [0.25, 0.3) is 0 Å². The van der Waals surface area contributed by atoms with Gasteiger partial charge in [0.05, 0.1) is 18.2 Å². The largest absolute Gasteiger partial charge is 0.463 e. The minimum absolute atomic E-state index is 0.309. The highest BCUT2D eigenvalue weighted by Crippen LogP contribution is 2.14. The number of imide groups is 1. The lowest BCUT2D eigenvalue weighted by molar-refractivity contribution is -0.117. The van der Waals surface area contributed by atoms with Gasteiger partial charge in [0.1, 0.15) is 11.6 Å². The average Bonchev–Trinajstić information content (AvgIpc) is 3.01. The maximum absolute atomic E-state index is 12.1. The number of rotatable bonds is 4. The van der Waals surface area contributed by atoms with Gasteiger partial charge in [-0.05, 0) is 24.3 Å². The Kier molecular flexibility index (Phi) is 5.11. The highest BCUT2D eigenvalue weighted by atomic mass is 35.5. The number of amides is 3. The van der Waals surface area contributed by atoms with Gasteiger partial charge in [-0.3, -0.25) is 10.1 Å². The van der Waals surface area contributed by atoms with Crippen molar-refractivity contribution in [2.24, 2.45) is 5.10 Å². The summed E-state index contributed by atoms with van der Waals surface area (Å²) in [4.78, 5) is 23.3. The van der Waals surface area contributed by atoms with Crippen molar-refractivity contribution in [1.29, 1.82) is 0 Å². The average molecular weight is 306 g/mol. The zero-order valence-electron chi connectivity index (χ0n) is 10.9. The number of urea groups is 1. The Morgan fingerprint density at radius 2 is 2.00 bits per heavy atom. The second kappa shape index (κ2) is 7.25. The monoisotopic (exact) mass is 305 g/mol. The first-order valence-corrected chi connectivity index (χ1v) is 6.56. The van der Waals surface area contributed by atoms with Crippen molar-refractivity contribution in [3.8, 4) is 0 Å². The molecular formula is C14H12ClN3O3. The minimum atomic E-state index is -0.699. The fourth-order valence-corrected chi connectivity index (χ4v) is 1.56. The van der Waals surface area contributed by atoms with Crippen LogP contribution in [0.3, 0.4) is 0 Å². The van der Waals surface area contributed by atoms with E-state index in [1.807, 2.05) is 0 Å². The van der Waals surface area contributed by atoms with Crippen molar-refractivity contribution in [2.75, 3.05) is 10.9 Å². The Balaban J connectivity index is 2.22. The van der Waals surface area contributed by atoms with Gasteiger partial charge in [-0.2, -0.15) is 10.1 Å². The molecule has 1 heterocycles. The molecule has 2 aromatic rings. The second-order valence-electron chi connectivity index (χ2n) is 3.89. The van der Waals surface area contributed by atoms with E-state index < -0.39 is 11.9 Å². The number of carbonyl (C=O) groups is 2. The van der Waals surface area contributed by atoms with E-state index >= 15 is 0 Å². The van der Waals surface area contributed by atoms with Crippen molar-refractivity contribution in [1.82, 2.24) is 5.32 Å². The molecule has 1 aromatic heterocycles. The highest BCUT2D eigenvalue weighted by molar-refractivity contribution is 6.28. The molecule has 0 spiro atoms. The first-order chi connectivity index (χ1) is 10.2. The van der Waals surface area contributed by atoms with Gasteiger partial charge in [-0.1, -0.05) is 18.2 Å². The normalized spacial score (nSPS) is 10.5. The summed E-state index contributed by atoms with van der Waals surface area (Å²) in [6, 6.07) is 11.4. The van der Waals surface area contributed by atoms with E-state index in [1.165, 1.54) is 12.5 Å². The van der Waals surface area contributed by atoms with Crippen LogP contribution in [0.1, 0.15) is 5.76 Å². The molecule has 1 aromatic carbocycles. The number of hydrogen-bond acceptors (Lipinski definition) is 4. The van der Waals surface area contributed by atoms with Gasteiger partial charge >= 0.3 is 6.03 Å². The number of halogens is 1. The Hall–Kier alpha value is -2.60. The Labute approximate surface area is 126 Å². The van der Waals surface area contributed by atoms with Gasteiger partial charge in [0.15, 0.2) is 0 Å². The fraction of sp³-hybridized carbons (Fsp3) is 0.0714. The molecule has 1 N–H and O–H groups in total. The lowest BCUT2D eigenvalue weighted by Gasteiger charge is -2.16. The van der Waals surface area contributed by atoms with Crippen molar-refractivity contribution in [3.05, 3.63) is 54.5 Å². The molecule has 0 aliphatic rings. The van der Waals surface area contributed by atoms with Crippen LogP contribution in [0.5, 0.6) is 0 Å². The molecule has 108 valence electrons. The summed E-state index contributed by atoms with van der Waals surface area (Å²) in [5.41, 5.74) is 0.500. The highest BCUT2D eigenvalue weighted by Gasteiger charge is 2.16. The number of hydrazone groups is 1. The molecule has 2 rings (SSSR count). The summed E-state index contributed by atoms with van der Waals surface area (Å²) in [5, 5.41) is 7.21. The molecule has 0 saturated heterocycles. The number of nitrogens with zero attached hydrogens (tertiary/aromatic N) is 2. The number of carbonyl (C=O) groups excluding carboxylic acids is 2. The van der Waals surface area contributed by atoms with Crippen LogP contribution in [0.2, 0.25) is 0 Å². The lowest BCUT2D eigenvalue weighted by atomic mass is 10.3. The van der Waals surface area contributed by atoms with E-state index in [-0.39, 0.29) is 5.88 Å². The topological polar surface area (TPSA) is 74.9 Å². The summed E-state index contributed by atoms with van der Waals surface area (Å²) in [7, 11) is 0. The maximum atomic E-state index is 12.1. The first kappa shape index (κ1) is 14.8. The molecule has 0 aliphatic carbocycles. The van der Waals surface area contributed by atoms with E-state index in [2.05, 4.69) is 10.4 Å². The van der Waals surface area contributed by atoms with Crippen molar-refractivity contribution >= 4 is 35.4 Å². The third-order valence-electron chi connectivity index (χ3n) is 2.40. The molecule has 21 heavy (non-hydrogen) atoms. The van der Waals surface area contributed by atoms with Crippen LogP contribution in [0.4, 0.5) is 10.5 Å². The molecule has 0 unspecified atom stereocenters. The molecule has 0 aliphatic heterocycles. The first-order valence-electron chi connectivity index (χ1n) is 6.03. The lowest BCUT2D eigenvalue weighted by Crippen LogP contribution is -2.41.